The van der Waals surface area contributed by atoms with Gasteiger partial charge in [-0.2, -0.15) is 0 Å². The predicted molar refractivity (Wildman–Crippen MR) is 91.7 cm³/mol. The number of benzene rings is 2. The number of nitrogens with zero attached hydrogens (tertiary/aromatic N) is 1. The molecule has 132 valence electrons. The van der Waals surface area contributed by atoms with Crippen molar-refractivity contribution >= 4 is 27.8 Å². The van der Waals surface area contributed by atoms with Crippen molar-refractivity contribution in [1.82, 2.24) is 0 Å². The zero-order chi connectivity index (χ0) is 18.6. The van der Waals surface area contributed by atoms with E-state index in [-0.39, 0.29) is 16.3 Å². The van der Waals surface area contributed by atoms with Crippen LogP contribution in [0.1, 0.15) is 5.56 Å². The predicted octanol–water partition coefficient (Wildman–Crippen LogP) is 2.76. The maximum absolute atomic E-state index is 13.9. The van der Waals surface area contributed by atoms with Gasteiger partial charge in [0.15, 0.2) is 0 Å². The van der Waals surface area contributed by atoms with Gasteiger partial charge in [0.2, 0.25) is 0 Å². The number of carbonyl (C=O) groups is 1. The lowest BCUT2D eigenvalue weighted by molar-refractivity contribution is -0.131. The number of anilines is 1. The molecule has 0 aliphatic heterocycles. The van der Waals surface area contributed by atoms with Crippen LogP contribution in [0, 0.1) is 5.82 Å². The summed E-state index contributed by atoms with van der Waals surface area (Å²) in [6.45, 7) is 0. The first-order chi connectivity index (χ1) is 11.8. The Bertz CT molecular complexity index is 924. The van der Waals surface area contributed by atoms with Crippen LogP contribution in [0.25, 0.3) is 6.08 Å². The van der Waals surface area contributed by atoms with E-state index >= 15 is 0 Å². The standard InChI is InChI=1S/C17H16FNO5S/c1-19(14-6-4-3-5-13(14)18)25(22,23)16-11-12(8-10-17(20)21)7-9-15(16)24-2/h3-11H,1-2H3,(H,20,21)/b10-8-. The molecule has 2 rings (SSSR count). The highest BCUT2D eigenvalue weighted by atomic mass is 32.2. The maximum atomic E-state index is 13.9. The fourth-order valence-corrected chi connectivity index (χ4v) is 3.54. The van der Waals surface area contributed by atoms with Crippen molar-refractivity contribution in [1.29, 1.82) is 0 Å². The highest BCUT2D eigenvalue weighted by molar-refractivity contribution is 7.92. The Morgan fingerprint density at radius 2 is 1.92 bits per heavy atom. The Hall–Kier alpha value is -2.87. The van der Waals surface area contributed by atoms with Gasteiger partial charge in [-0.25, -0.2) is 17.6 Å². The monoisotopic (exact) mass is 365 g/mol. The number of aliphatic carboxylic acids is 1. The highest BCUT2D eigenvalue weighted by Gasteiger charge is 2.27. The van der Waals surface area contributed by atoms with E-state index in [0.29, 0.717) is 5.56 Å². The van der Waals surface area contributed by atoms with Crippen molar-refractivity contribution in [2.24, 2.45) is 0 Å². The second-order valence-corrected chi connectivity index (χ2v) is 6.94. The van der Waals surface area contributed by atoms with E-state index in [1.54, 1.807) is 0 Å². The minimum Gasteiger partial charge on any atom is -0.495 e. The summed E-state index contributed by atoms with van der Waals surface area (Å²) in [5, 5.41) is 8.69. The van der Waals surface area contributed by atoms with Gasteiger partial charge >= 0.3 is 5.97 Å². The zero-order valence-corrected chi connectivity index (χ0v) is 14.3. The molecule has 8 heteroatoms. The number of hydrogen-bond donors (Lipinski definition) is 1. The lowest BCUT2D eigenvalue weighted by Crippen LogP contribution is -2.27. The number of carboxylic acids is 1. The largest absolute Gasteiger partial charge is 0.495 e. The number of carboxylic acid groups (broad SMARTS) is 1. The van der Waals surface area contributed by atoms with Crippen molar-refractivity contribution in [3.63, 3.8) is 0 Å². The molecule has 0 fully saturated rings. The minimum atomic E-state index is -4.13. The van der Waals surface area contributed by atoms with Gasteiger partial charge in [0.05, 0.1) is 12.8 Å². The molecule has 6 nitrogen and oxygen atoms in total. The second kappa shape index (κ2) is 7.35. The van der Waals surface area contributed by atoms with Crippen molar-refractivity contribution in [2.45, 2.75) is 4.90 Å². The van der Waals surface area contributed by atoms with E-state index in [9.17, 15) is 17.6 Å². The molecule has 0 aliphatic rings. The van der Waals surface area contributed by atoms with Crippen molar-refractivity contribution < 1.29 is 27.4 Å². The summed E-state index contributed by atoms with van der Waals surface area (Å²) in [5.74, 6) is -1.78. The summed E-state index contributed by atoms with van der Waals surface area (Å²) in [6.07, 6.45) is 2.14. The molecule has 0 saturated heterocycles. The van der Waals surface area contributed by atoms with E-state index in [4.69, 9.17) is 9.84 Å². The highest BCUT2D eigenvalue weighted by Crippen LogP contribution is 2.31. The Balaban J connectivity index is 2.55. The molecule has 0 unspecified atom stereocenters. The van der Waals surface area contributed by atoms with Crippen LogP contribution in [-0.2, 0) is 14.8 Å². The first kappa shape index (κ1) is 18.5. The average molecular weight is 365 g/mol. The Kier molecular flexibility index (Phi) is 5.43. The lowest BCUT2D eigenvalue weighted by Gasteiger charge is -2.21. The summed E-state index contributed by atoms with van der Waals surface area (Å²) in [4.78, 5) is 10.4. The van der Waals surface area contributed by atoms with Gasteiger partial charge in [-0.1, -0.05) is 18.2 Å². The fraction of sp³-hybridized carbons (Fsp3) is 0.118. The second-order valence-electron chi connectivity index (χ2n) is 5.01. The molecule has 2 aromatic carbocycles. The lowest BCUT2D eigenvalue weighted by atomic mass is 10.2. The number of sulfonamides is 1. The van der Waals surface area contributed by atoms with Gasteiger partial charge < -0.3 is 9.84 Å². The third kappa shape index (κ3) is 3.97. The molecule has 0 bridgehead atoms. The van der Waals surface area contributed by atoms with Crippen LogP contribution in [0.3, 0.4) is 0 Å². The van der Waals surface area contributed by atoms with Crippen LogP contribution >= 0.6 is 0 Å². The molecular formula is C17H16FNO5S. The van der Waals surface area contributed by atoms with E-state index < -0.39 is 21.8 Å². The maximum Gasteiger partial charge on any atom is 0.328 e. The fourth-order valence-electron chi connectivity index (χ4n) is 2.15. The molecule has 0 heterocycles. The first-order valence-corrected chi connectivity index (χ1v) is 8.54. The van der Waals surface area contributed by atoms with Gasteiger partial charge in [-0.15, -0.1) is 0 Å². The molecule has 0 aliphatic carbocycles. The van der Waals surface area contributed by atoms with Crippen LogP contribution < -0.4 is 9.04 Å². The van der Waals surface area contributed by atoms with Crippen LogP contribution in [-0.4, -0.2) is 33.7 Å². The zero-order valence-electron chi connectivity index (χ0n) is 13.5. The first-order valence-electron chi connectivity index (χ1n) is 7.10. The Morgan fingerprint density at radius 3 is 2.52 bits per heavy atom. The van der Waals surface area contributed by atoms with Crippen molar-refractivity contribution in [3.05, 3.63) is 59.9 Å². The topological polar surface area (TPSA) is 83.9 Å². The summed E-state index contributed by atoms with van der Waals surface area (Å²) >= 11 is 0. The quantitative estimate of drug-likeness (QED) is 0.796. The van der Waals surface area contributed by atoms with Crippen LogP contribution in [0.2, 0.25) is 0 Å². The molecule has 0 radical (unpaired) electrons. The number of hydrogen-bond acceptors (Lipinski definition) is 4. The molecule has 0 amide bonds. The molecule has 0 spiro atoms. The van der Waals surface area contributed by atoms with E-state index in [0.717, 1.165) is 16.4 Å². The smallest absolute Gasteiger partial charge is 0.328 e. The van der Waals surface area contributed by atoms with Gasteiger partial charge in [0.1, 0.15) is 16.5 Å². The van der Waals surface area contributed by atoms with Crippen LogP contribution in [0.4, 0.5) is 10.1 Å². The number of halogens is 1. The van der Waals surface area contributed by atoms with E-state index in [2.05, 4.69) is 0 Å². The summed E-state index contributed by atoms with van der Waals surface area (Å²) in [5.41, 5.74) is 0.236. The van der Waals surface area contributed by atoms with Crippen LogP contribution in [0.15, 0.2) is 53.4 Å². The number of para-hydroxylation sites is 1. The molecule has 0 atom stereocenters. The van der Waals surface area contributed by atoms with Crippen molar-refractivity contribution in [2.75, 3.05) is 18.5 Å². The minimum absolute atomic E-state index is 0.0654. The normalized spacial score (nSPS) is 11.5. The van der Waals surface area contributed by atoms with E-state index in [1.165, 1.54) is 56.6 Å². The third-order valence-corrected chi connectivity index (χ3v) is 5.23. The SMILES string of the molecule is COc1ccc(/C=C\C(=O)O)cc1S(=O)(=O)N(C)c1ccccc1F. The molecule has 25 heavy (non-hydrogen) atoms. The third-order valence-electron chi connectivity index (χ3n) is 3.44. The molecular weight excluding hydrogens is 349 g/mol. The number of methoxy groups -OCH3 is 1. The van der Waals surface area contributed by atoms with Crippen molar-refractivity contribution in [3.8, 4) is 5.75 Å². The van der Waals surface area contributed by atoms with Crippen LogP contribution in [0.5, 0.6) is 5.75 Å². The average Bonchev–Trinajstić information content (AvgIpc) is 2.59. The molecule has 0 saturated carbocycles. The summed E-state index contributed by atoms with van der Waals surface area (Å²) in [6, 6.07) is 9.66. The molecule has 2 aromatic rings. The molecule has 0 aromatic heterocycles. The van der Waals surface area contributed by atoms with Gasteiger partial charge in [0.25, 0.3) is 10.0 Å². The number of rotatable bonds is 6. The Morgan fingerprint density at radius 1 is 1.24 bits per heavy atom. The Labute approximate surface area is 144 Å². The number of ether oxygens (including phenoxy) is 1. The van der Waals surface area contributed by atoms with Gasteiger partial charge in [-0.3, -0.25) is 4.31 Å². The van der Waals surface area contributed by atoms with Gasteiger partial charge in [-0.05, 0) is 35.9 Å². The summed E-state index contributed by atoms with van der Waals surface area (Å²) in [7, 11) is -1.59. The summed E-state index contributed by atoms with van der Waals surface area (Å²) < 4.78 is 45.6. The molecule has 1 N–H and O–H groups in total. The van der Waals surface area contributed by atoms with E-state index in [1.807, 2.05) is 0 Å². The van der Waals surface area contributed by atoms with Gasteiger partial charge in [0, 0.05) is 13.1 Å².